The van der Waals surface area contributed by atoms with Gasteiger partial charge in [-0.2, -0.15) is 0 Å². The summed E-state index contributed by atoms with van der Waals surface area (Å²) in [5.41, 5.74) is 1.14. The molecule has 0 atom stereocenters. The highest BCUT2D eigenvalue weighted by molar-refractivity contribution is 14.1. The maximum Gasteiger partial charge on any atom is 0.264 e. The van der Waals surface area contributed by atoms with E-state index in [1.807, 2.05) is 0 Å². The van der Waals surface area contributed by atoms with Crippen LogP contribution >= 0.6 is 22.6 Å². The van der Waals surface area contributed by atoms with Crippen molar-refractivity contribution in [3.05, 3.63) is 25.4 Å². The fraction of sp³-hybridized carbons (Fsp3) is 0.750. The molecule has 2 fully saturated rings. The van der Waals surface area contributed by atoms with Gasteiger partial charge in [0.05, 0.1) is 9.26 Å². The minimum Gasteiger partial charge on any atom is -0.309 e. The first-order chi connectivity index (χ1) is 9.56. The number of hydrogen-bond donors (Lipinski definition) is 1. The number of hydrogen-bond acceptors (Lipinski definition) is 2. The number of nitrogens with one attached hydrogen (secondary N) is 1. The molecular weight excluding hydrogens is 363 g/mol. The van der Waals surface area contributed by atoms with Crippen molar-refractivity contribution in [2.45, 2.75) is 64.2 Å². The Labute approximate surface area is 134 Å². The standard InChI is InChI=1S/C16H23IN2O/c1-9(2)10-3-7-12(8-4-10)15-18-14(11-5-6-11)13(17)16(20)19-15/h9-12H,3-8H2,1-2H3,(H,18,19,20). The molecule has 1 aromatic heterocycles. The molecule has 4 heteroatoms. The Kier molecular flexibility index (Phi) is 4.20. The summed E-state index contributed by atoms with van der Waals surface area (Å²) in [4.78, 5) is 20.0. The van der Waals surface area contributed by atoms with E-state index in [9.17, 15) is 4.79 Å². The highest BCUT2D eigenvalue weighted by Gasteiger charge is 2.31. The zero-order valence-electron chi connectivity index (χ0n) is 12.3. The normalized spacial score (nSPS) is 27.0. The molecule has 0 amide bonds. The van der Waals surface area contributed by atoms with E-state index in [0.717, 1.165) is 26.9 Å². The average Bonchev–Trinajstić information content (AvgIpc) is 3.26. The monoisotopic (exact) mass is 386 g/mol. The molecular formula is C16H23IN2O. The van der Waals surface area contributed by atoms with E-state index in [2.05, 4.69) is 41.4 Å². The van der Waals surface area contributed by atoms with Crippen LogP contribution in [0.25, 0.3) is 0 Å². The Morgan fingerprint density at radius 2 is 1.70 bits per heavy atom. The number of aromatic nitrogens is 2. The van der Waals surface area contributed by atoms with Gasteiger partial charge < -0.3 is 4.98 Å². The maximum atomic E-state index is 12.1. The molecule has 2 aliphatic carbocycles. The Morgan fingerprint density at radius 1 is 1.10 bits per heavy atom. The summed E-state index contributed by atoms with van der Waals surface area (Å²) in [7, 11) is 0. The van der Waals surface area contributed by atoms with Gasteiger partial charge in [-0.25, -0.2) is 4.98 Å². The molecule has 0 bridgehead atoms. The fourth-order valence-electron chi connectivity index (χ4n) is 3.37. The molecule has 3 rings (SSSR count). The van der Waals surface area contributed by atoms with Gasteiger partial charge in [0.2, 0.25) is 0 Å². The lowest BCUT2D eigenvalue weighted by molar-refractivity contribution is 0.254. The van der Waals surface area contributed by atoms with Gasteiger partial charge in [0.15, 0.2) is 0 Å². The molecule has 20 heavy (non-hydrogen) atoms. The zero-order valence-corrected chi connectivity index (χ0v) is 14.4. The second-order valence-electron chi connectivity index (χ2n) is 6.78. The van der Waals surface area contributed by atoms with Crippen molar-refractivity contribution in [2.24, 2.45) is 11.8 Å². The molecule has 2 saturated carbocycles. The van der Waals surface area contributed by atoms with Crippen molar-refractivity contribution in [1.29, 1.82) is 0 Å². The molecule has 110 valence electrons. The largest absolute Gasteiger partial charge is 0.309 e. The van der Waals surface area contributed by atoms with Crippen LogP contribution in [0.3, 0.4) is 0 Å². The first kappa shape index (κ1) is 14.5. The molecule has 0 spiro atoms. The summed E-state index contributed by atoms with van der Waals surface area (Å²) < 4.78 is 0.810. The minimum absolute atomic E-state index is 0.0727. The first-order valence-corrected chi connectivity index (χ1v) is 8.93. The van der Waals surface area contributed by atoms with Crippen LogP contribution in [-0.2, 0) is 0 Å². The smallest absolute Gasteiger partial charge is 0.264 e. The SMILES string of the molecule is CC(C)C1CCC(c2nc(C3CC3)c(I)c(=O)[nH]2)CC1. The van der Waals surface area contributed by atoms with E-state index in [-0.39, 0.29) is 5.56 Å². The van der Waals surface area contributed by atoms with Gasteiger partial charge in [0.25, 0.3) is 5.56 Å². The fourth-order valence-corrected chi connectivity index (χ4v) is 4.07. The zero-order chi connectivity index (χ0) is 14.3. The summed E-state index contributed by atoms with van der Waals surface area (Å²) >= 11 is 2.15. The van der Waals surface area contributed by atoms with Gasteiger partial charge in [-0.3, -0.25) is 4.79 Å². The van der Waals surface area contributed by atoms with Crippen LogP contribution in [-0.4, -0.2) is 9.97 Å². The summed E-state index contributed by atoms with van der Waals surface area (Å²) in [5.74, 6) is 3.60. The Hall–Kier alpha value is -0.390. The highest BCUT2D eigenvalue weighted by Crippen LogP contribution is 2.42. The van der Waals surface area contributed by atoms with Gasteiger partial charge >= 0.3 is 0 Å². The van der Waals surface area contributed by atoms with Crippen molar-refractivity contribution in [3.63, 3.8) is 0 Å². The minimum atomic E-state index is 0.0727. The average molecular weight is 386 g/mol. The van der Waals surface area contributed by atoms with Crippen molar-refractivity contribution in [3.8, 4) is 0 Å². The van der Waals surface area contributed by atoms with E-state index in [1.165, 1.54) is 38.5 Å². The molecule has 0 radical (unpaired) electrons. The van der Waals surface area contributed by atoms with Crippen LogP contribution in [0.5, 0.6) is 0 Å². The quantitative estimate of drug-likeness (QED) is 0.793. The molecule has 1 N–H and O–H groups in total. The van der Waals surface area contributed by atoms with E-state index < -0.39 is 0 Å². The Morgan fingerprint density at radius 3 is 2.25 bits per heavy atom. The third kappa shape index (κ3) is 2.95. The third-order valence-corrected chi connectivity index (χ3v) is 6.01. The Bertz CT molecular complexity index is 540. The molecule has 2 aliphatic rings. The van der Waals surface area contributed by atoms with E-state index >= 15 is 0 Å². The first-order valence-electron chi connectivity index (χ1n) is 7.86. The number of rotatable bonds is 3. The van der Waals surface area contributed by atoms with Gasteiger partial charge in [-0.15, -0.1) is 0 Å². The summed E-state index contributed by atoms with van der Waals surface area (Å²) in [6.07, 6.45) is 7.30. The molecule has 1 aromatic rings. The van der Waals surface area contributed by atoms with E-state index in [1.54, 1.807) is 0 Å². The van der Waals surface area contributed by atoms with Crippen LogP contribution in [0.2, 0.25) is 0 Å². The predicted molar refractivity (Wildman–Crippen MR) is 89.1 cm³/mol. The van der Waals surface area contributed by atoms with E-state index in [0.29, 0.717) is 11.8 Å². The molecule has 0 saturated heterocycles. The summed E-state index contributed by atoms with van der Waals surface area (Å²) in [6, 6.07) is 0. The van der Waals surface area contributed by atoms with E-state index in [4.69, 9.17) is 4.98 Å². The number of halogens is 1. The molecule has 3 nitrogen and oxygen atoms in total. The number of nitrogens with zero attached hydrogens (tertiary/aromatic N) is 1. The van der Waals surface area contributed by atoms with Crippen LogP contribution in [0.1, 0.15) is 75.7 Å². The lowest BCUT2D eigenvalue weighted by Crippen LogP contribution is -2.23. The lowest BCUT2D eigenvalue weighted by atomic mass is 9.76. The third-order valence-electron chi connectivity index (χ3n) is 4.97. The number of aromatic amines is 1. The highest BCUT2D eigenvalue weighted by atomic mass is 127. The molecule has 0 unspecified atom stereocenters. The summed E-state index contributed by atoms with van der Waals surface area (Å²) in [6.45, 7) is 4.64. The van der Waals surface area contributed by atoms with Crippen LogP contribution < -0.4 is 5.56 Å². The Balaban J connectivity index is 1.79. The van der Waals surface area contributed by atoms with Crippen molar-refractivity contribution >= 4 is 22.6 Å². The van der Waals surface area contributed by atoms with Crippen molar-refractivity contribution < 1.29 is 0 Å². The van der Waals surface area contributed by atoms with Gasteiger partial charge in [0, 0.05) is 11.8 Å². The molecule has 1 heterocycles. The van der Waals surface area contributed by atoms with Crippen molar-refractivity contribution in [2.75, 3.05) is 0 Å². The van der Waals surface area contributed by atoms with Crippen LogP contribution in [0.15, 0.2) is 4.79 Å². The second-order valence-corrected chi connectivity index (χ2v) is 7.86. The van der Waals surface area contributed by atoms with Crippen LogP contribution in [0.4, 0.5) is 0 Å². The van der Waals surface area contributed by atoms with Gasteiger partial charge in [-0.05, 0) is 73.0 Å². The number of H-pyrrole nitrogens is 1. The molecule has 0 aromatic carbocycles. The topological polar surface area (TPSA) is 45.8 Å². The predicted octanol–water partition coefficient (Wildman–Crippen LogP) is 4.18. The maximum absolute atomic E-state index is 12.1. The second kappa shape index (κ2) is 5.78. The lowest BCUT2D eigenvalue weighted by Gasteiger charge is -2.30. The molecule has 0 aliphatic heterocycles. The summed E-state index contributed by atoms with van der Waals surface area (Å²) in [5, 5.41) is 0. The van der Waals surface area contributed by atoms with Gasteiger partial charge in [-0.1, -0.05) is 13.8 Å². The van der Waals surface area contributed by atoms with Gasteiger partial charge in [0.1, 0.15) is 5.82 Å². The van der Waals surface area contributed by atoms with Crippen LogP contribution in [0, 0.1) is 15.4 Å². The van der Waals surface area contributed by atoms with Crippen molar-refractivity contribution in [1.82, 2.24) is 9.97 Å².